The summed E-state index contributed by atoms with van der Waals surface area (Å²) in [6.45, 7) is 1.26. The number of nitrogens with two attached hydrogens (primary N) is 2. The molecule has 3 atom stereocenters. The van der Waals surface area contributed by atoms with Gasteiger partial charge in [-0.15, -0.1) is 24.8 Å². The summed E-state index contributed by atoms with van der Waals surface area (Å²) in [6.07, 6.45) is 4.54. The topological polar surface area (TPSA) is 116 Å². The van der Waals surface area contributed by atoms with Gasteiger partial charge in [0, 0.05) is 18.9 Å². The van der Waals surface area contributed by atoms with Crippen molar-refractivity contribution in [2.24, 2.45) is 17.4 Å². The van der Waals surface area contributed by atoms with E-state index in [4.69, 9.17) is 16.5 Å². The summed E-state index contributed by atoms with van der Waals surface area (Å²) < 4.78 is 2.24. The van der Waals surface area contributed by atoms with Crippen molar-refractivity contribution in [2.45, 2.75) is 50.6 Å². The summed E-state index contributed by atoms with van der Waals surface area (Å²) >= 11 is 0. The van der Waals surface area contributed by atoms with Crippen LogP contribution in [0.25, 0.3) is 11.0 Å². The average Bonchev–Trinajstić information content (AvgIpc) is 3.29. The summed E-state index contributed by atoms with van der Waals surface area (Å²) in [4.78, 5) is 30.4. The van der Waals surface area contributed by atoms with Crippen molar-refractivity contribution in [3.8, 4) is 0 Å². The van der Waals surface area contributed by atoms with E-state index in [0.29, 0.717) is 18.7 Å². The van der Waals surface area contributed by atoms with E-state index in [1.54, 1.807) is 0 Å². The molecule has 1 saturated carbocycles. The standard InChI is InChI=1S/C31H35N5O2.2ClH/c32-19-18-28-34-26-12-6-7-13-27(26)36(28)20-21-14-16-22(17-15-21)24-10-4-5-11-25(24)31(38)35-29(30(33)37)23-8-2-1-3-9-23;;/h1-3,6-9,12-17,24-25,29H,4-5,10-11,18-20,32H2,(H2,33,37)(H,35,38);2*1H/t24-,25+,29-;;/m0../s1. The van der Waals surface area contributed by atoms with Crippen LogP contribution in [0, 0.1) is 5.92 Å². The maximum Gasteiger partial charge on any atom is 0.244 e. The molecule has 5 N–H and O–H groups in total. The van der Waals surface area contributed by atoms with E-state index in [0.717, 1.165) is 54.5 Å². The van der Waals surface area contributed by atoms with Crippen LogP contribution < -0.4 is 16.8 Å². The van der Waals surface area contributed by atoms with Crippen LogP contribution in [0.1, 0.15) is 60.2 Å². The molecule has 1 aliphatic carbocycles. The molecule has 5 rings (SSSR count). The average molecular weight is 583 g/mol. The Morgan fingerprint density at radius 1 is 0.925 bits per heavy atom. The minimum absolute atomic E-state index is 0. The molecular formula is C31H37Cl2N5O2. The van der Waals surface area contributed by atoms with E-state index in [-0.39, 0.29) is 42.6 Å². The molecule has 1 aliphatic rings. The van der Waals surface area contributed by atoms with Crippen molar-refractivity contribution in [1.29, 1.82) is 0 Å². The van der Waals surface area contributed by atoms with Crippen LogP contribution in [0.4, 0.5) is 0 Å². The normalized spacial score (nSPS) is 17.3. The highest BCUT2D eigenvalue weighted by Crippen LogP contribution is 2.38. The Hall–Kier alpha value is -3.39. The Morgan fingerprint density at radius 3 is 2.30 bits per heavy atom. The monoisotopic (exact) mass is 581 g/mol. The highest BCUT2D eigenvalue weighted by molar-refractivity contribution is 5.89. The number of nitrogens with one attached hydrogen (secondary N) is 1. The molecule has 0 bridgehead atoms. The Morgan fingerprint density at radius 2 is 1.60 bits per heavy atom. The number of fused-ring (bicyclic) bond motifs is 1. The van der Waals surface area contributed by atoms with Gasteiger partial charge in [0.05, 0.1) is 11.0 Å². The van der Waals surface area contributed by atoms with E-state index < -0.39 is 11.9 Å². The highest BCUT2D eigenvalue weighted by Gasteiger charge is 2.34. The number of carbonyl (C=O) groups is 2. The van der Waals surface area contributed by atoms with Crippen molar-refractivity contribution < 1.29 is 9.59 Å². The van der Waals surface area contributed by atoms with E-state index in [1.165, 1.54) is 5.56 Å². The van der Waals surface area contributed by atoms with Gasteiger partial charge in [-0.25, -0.2) is 4.98 Å². The number of amides is 2. The number of hydrogen-bond donors (Lipinski definition) is 3. The van der Waals surface area contributed by atoms with Crippen LogP contribution >= 0.6 is 24.8 Å². The molecule has 9 heteroatoms. The Balaban J connectivity index is 0.00000220. The van der Waals surface area contributed by atoms with Crippen LogP contribution in [-0.4, -0.2) is 27.9 Å². The first-order valence-corrected chi connectivity index (χ1v) is 13.4. The van der Waals surface area contributed by atoms with Gasteiger partial charge in [-0.1, -0.05) is 79.6 Å². The summed E-state index contributed by atoms with van der Waals surface area (Å²) in [6, 6.07) is 25.1. The van der Waals surface area contributed by atoms with Crippen molar-refractivity contribution in [3.05, 3.63) is 101 Å². The van der Waals surface area contributed by atoms with Gasteiger partial charge in [0.15, 0.2) is 0 Å². The van der Waals surface area contributed by atoms with Gasteiger partial charge < -0.3 is 21.4 Å². The van der Waals surface area contributed by atoms with Gasteiger partial charge in [-0.05, 0) is 54.1 Å². The molecule has 2 amide bonds. The van der Waals surface area contributed by atoms with Crippen LogP contribution in [0.5, 0.6) is 0 Å². The van der Waals surface area contributed by atoms with E-state index in [2.05, 4.69) is 40.2 Å². The molecule has 0 unspecified atom stereocenters. The third kappa shape index (κ3) is 6.84. The lowest BCUT2D eigenvalue weighted by Gasteiger charge is -2.32. The van der Waals surface area contributed by atoms with Crippen LogP contribution in [0.2, 0.25) is 0 Å². The predicted molar refractivity (Wildman–Crippen MR) is 164 cm³/mol. The Kier molecular flexibility index (Phi) is 11.1. The molecule has 4 aromatic rings. The molecule has 40 heavy (non-hydrogen) atoms. The minimum Gasteiger partial charge on any atom is -0.368 e. The number of hydrogen-bond acceptors (Lipinski definition) is 4. The minimum atomic E-state index is -0.832. The first-order chi connectivity index (χ1) is 18.5. The largest absolute Gasteiger partial charge is 0.368 e. The first kappa shape index (κ1) is 31.1. The van der Waals surface area contributed by atoms with Crippen LogP contribution in [-0.2, 0) is 22.6 Å². The molecule has 3 aromatic carbocycles. The van der Waals surface area contributed by atoms with Crippen molar-refractivity contribution in [2.75, 3.05) is 6.54 Å². The zero-order chi connectivity index (χ0) is 26.5. The van der Waals surface area contributed by atoms with Crippen molar-refractivity contribution in [3.63, 3.8) is 0 Å². The van der Waals surface area contributed by atoms with E-state index in [1.807, 2.05) is 48.5 Å². The number of rotatable bonds is 9. The number of halogens is 2. The number of aromatic nitrogens is 2. The molecule has 212 valence electrons. The quantitative estimate of drug-likeness (QED) is 0.256. The lowest BCUT2D eigenvalue weighted by molar-refractivity contribution is -0.131. The van der Waals surface area contributed by atoms with Gasteiger partial charge in [-0.3, -0.25) is 9.59 Å². The Bertz CT molecular complexity index is 1410. The first-order valence-electron chi connectivity index (χ1n) is 13.4. The van der Waals surface area contributed by atoms with Crippen LogP contribution in [0.3, 0.4) is 0 Å². The van der Waals surface area contributed by atoms with Gasteiger partial charge in [-0.2, -0.15) is 0 Å². The van der Waals surface area contributed by atoms with Gasteiger partial charge in [0.25, 0.3) is 0 Å². The fourth-order valence-corrected chi connectivity index (χ4v) is 5.73. The fraction of sp³-hybridized carbons (Fsp3) is 0.323. The maximum atomic E-state index is 13.4. The molecule has 1 heterocycles. The summed E-state index contributed by atoms with van der Waals surface area (Å²) in [5.74, 6) is 0.229. The third-order valence-corrected chi connectivity index (χ3v) is 7.66. The van der Waals surface area contributed by atoms with Gasteiger partial charge >= 0.3 is 0 Å². The molecule has 7 nitrogen and oxygen atoms in total. The highest BCUT2D eigenvalue weighted by atomic mass is 35.5. The Labute approximate surface area is 247 Å². The smallest absolute Gasteiger partial charge is 0.244 e. The maximum absolute atomic E-state index is 13.4. The molecular weight excluding hydrogens is 545 g/mol. The lowest BCUT2D eigenvalue weighted by Crippen LogP contribution is -2.42. The lowest BCUT2D eigenvalue weighted by atomic mass is 9.74. The number of primary amides is 1. The number of carbonyl (C=O) groups excluding carboxylic acids is 2. The number of benzene rings is 3. The molecule has 0 spiro atoms. The molecule has 0 radical (unpaired) electrons. The third-order valence-electron chi connectivity index (χ3n) is 7.66. The number of imidazole rings is 1. The van der Waals surface area contributed by atoms with Crippen molar-refractivity contribution >= 4 is 47.7 Å². The second-order valence-electron chi connectivity index (χ2n) is 10.1. The van der Waals surface area contributed by atoms with Gasteiger partial charge in [0.1, 0.15) is 11.9 Å². The van der Waals surface area contributed by atoms with Crippen LogP contribution in [0.15, 0.2) is 78.9 Å². The zero-order valence-electron chi connectivity index (χ0n) is 22.4. The van der Waals surface area contributed by atoms with E-state index >= 15 is 0 Å². The SMILES string of the molecule is Cl.Cl.NCCc1nc2ccccc2n1Cc1ccc([C@@H]2CCCC[C@H]2C(=O)N[C@H](C(N)=O)c2ccccc2)cc1. The summed E-state index contributed by atoms with van der Waals surface area (Å²) in [7, 11) is 0. The zero-order valence-corrected chi connectivity index (χ0v) is 24.0. The molecule has 0 aliphatic heterocycles. The molecule has 1 aromatic heterocycles. The second kappa shape index (κ2) is 14.3. The predicted octanol–water partition coefficient (Wildman–Crippen LogP) is 5.05. The summed E-state index contributed by atoms with van der Waals surface area (Å²) in [5, 5.41) is 2.94. The summed E-state index contributed by atoms with van der Waals surface area (Å²) in [5.41, 5.74) is 16.6. The number of para-hydroxylation sites is 2. The molecule has 0 saturated heterocycles. The van der Waals surface area contributed by atoms with E-state index in [9.17, 15) is 9.59 Å². The second-order valence-corrected chi connectivity index (χ2v) is 10.1. The van der Waals surface area contributed by atoms with Crippen molar-refractivity contribution in [1.82, 2.24) is 14.9 Å². The molecule has 1 fully saturated rings. The van der Waals surface area contributed by atoms with Gasteiger partial charge in [0.2, 0.25) is 11.8 Å². The number of nitrogens with zero attached hydrogens (tertiary/aromatic N) is 2. The fourth-order valence-electron chi connectivity index (χ4n) is 5.73.